The number of anilines is 1. The average molecular weight is 459 g/mol. The minimum atomic E-state index is -0.605. The van der Waals surface area contributed by atoms with Crippen LogP contribution in [0.1, 0.15) is 22.7 Å². The van der Waals surface area contributed by atoms with Gasteiger partial charge in [0.05, 0.1) is 11.7 Å². The van der Waals surface area contributed by atoms with Crippen LogP contribution in [0, 0.1) is 5.82 Å². The predicted molar refractivity (Wildman–Crippen MR) is 122 cm³/mol. The third-order valence-corrected chi connectivity index (χ3v) is 5.31. The van der Waals surface area contributed by atoms with Crippen LogP contribution in [-0.2, 0) is 17.8 Å². The topological polar surface area (TPSA) is 82.0 Å². The summed E-state index contributed by atoms with van der Waals surface area (Å²) in [4.78, 5) is 14.4. The van der Waals surface area contributed by atoms with Crippen LogP contribution in [0.25, 0.3) is 0 Å². The highest BCUT2D eigenvalue weighted by Gasteiger charge is 2.27. The van der Waals surface area contributed by atoms with Gasteiger partial charge < -0.3 is 20.3 Å². The number of benzene rings is 3. The molecule has 0 fully saturated rings. The summed E-state index contributed by atoms with van der Waals surface area (Å²) in [6.07, 6.45) is 0.0735. The summed E-state index contributed by atoms with van der Waals surface area (Å²) in [5.41, 5.74) is 2.88. The number of amides is 1. The lowest BCUT2D eigenvalue weighted by molar-refractivity contribution is 0.146. The number of hydrogen-bond acceptors (Lipinski definition) is 5. The fraction of sp³-hybridized carbons (Fsp3) is 0.208. The van der Waals surface area contributed by atoms with Crippen LogP contribution in [0.5, 0.6) is 11.5 Å². The second-order valence-electron chi connectivity index (χ2n) is 7.43. The first kappa shape index (κ1) is 23.4. The van der Waals surface area contributed by atoms with Crippen molar-refractivity contribution in [2.24, 2.45) is 0 Å². The van der Waals surface area contributed by atoms with Crippen LogP contribution in [0.3, 0.4) is 0 Å². The van der Waals surface area contributed by atoms with E-state index in [0.717, 1.165) is 16.7 Å². The minimum Gasteiger partial charge on any atom is -0.504 e. The van der Waals surface area contributed by atoms with Gasteiger partial charge in [0.25, 0.3) is 0 Å². The number of carbonyl (C=O) groups is 1. The van der Waals surface area contributed by atoms with Crippen molar-refractivity contribution in [2.45, 2.75) is 19.1 Å². The first-order valence-electron chi connectivity index (χ1n) is 10.0. The van der Waals surface area contributed by atoms with Crippen molar-refractivity contribution in [1.82, 2.24) is 5.32 Å². The number of phenols is 2. The molecular formula is C24H24ClFN2O4. The van der Waals surface area contributed by atoms with Gasteiger partial charge in [0.1, 0.15) is 12.4 Å². The highest BCUT2D eigenvalue weighted by atomic mass is 35.5. The van der Waals surface area contributed by atoms with E-state index in [4.69, 9.17) is 4.74 Å². The molecule has 4 rings (SSSR count). The lowest BCUT2D eigenvalue weighted by atomic mass is 9.93. The smallest absolute Gasteiger partial charge is 0.414 e. The molecule has 8 heteroatoms. The molecule has 0 bridgehead atoms. The van der Waals surface area contributed by atoms with Crippen molar-refractivity contribution >= 4 is 24.2 Å². The Morgan fingerprint density at radius 3 is 2.56 bits per heavy atom. The number of ether oxygens (including phenoxy) is 1. The Kier molecular flexibility index (Phi) is 7.56. The van der Waals surface area contributed by atoms with Crippen molar-refractivity contribution in [3.8, 4) is 11.5 Å². The summed E-state index contributed by atoms with van der Waals surface area (Å²) in [6, 6.07) is 17.8. The lowest BCUT2D eigenvalue weighted by Crippen LogP contribution is -2.42. The molecule has 3 aromatic rings. The molecule has 168 valence electrons. The zero-order chi connectivity index (χ0) is 21.8. The molecule has 0 saturated carbocycles. The van der Waals surface area contributed by atoms with Crippen molar-refractivity contribution in [3.63, 3.8) is 0 Å². The lowest BCUT2D eigenvalue weighted by Gasteiger charge is -2.32. The van der Waals surface area contributed by atoms with Gasteiger partial charge in [-0.2, -0.15) is 0 Å². The van der Waals surface area contributed by atoms with Gasteiger partial charge in [-0.25, -0.2) is 9.18 Å². The van der Waals surface area contributed by atoms with Crippen molar-refractivity contribution in [1.29, 1.82) is 0 Å². The molecule has 3 aromatic carbocycles. The minimum absolute atomic E-state index is 0. The molecule has 1 amide bonds. The summed E-state index contributed by atoms with van der Waals surface area (Å²) >= 11 is 0. The Balaban J connectivity index is 0.00000289. The second kappa shape index (κ2) is 10.3. The summed E-state index contributed by atoms with van der Waals surface area (Å²) in [6.45, 7) is 0.890. The van der Waals surface area contributed by atoms with Crippen LogP contribution >= 0.6 is 12.4 Å². The second-order valence-corrected chi connectivity index (χ2v) is 7.43. The number of fused-ring (bicyclic) bond motifs is 1. The molecule has 0 radical (unpaired) electrons. The van der Waals surface area contributed by atoms with E-state index in [2.05, 4.69) is 5.32 Å². The van der Waals surface area contributed by atoms with Gasteiger partial charge in [-0.1, -0.05) is 36.4 Å². The molecule has 1 unspecified atom stereocenters. The maximum absolute atomic E-state index is 13.9. The van der Waals surface area contributed by atoms with Gasteiger partial charge in [-0.05, 0) is 60.0 Å². The van der Waals surface area contributed by atoms with Crippen LogP contribution < -0.4 is 10.2 Å². The Labute approximate surface area is 191 Å². The first-order valence-corrected chi connectivity index (χ1v) is 10.0. The third kappa shape index (κ3) is 5.30. The Bertz CT molecular complexity index is 1080. The van der Waals surface area contributed by atoms with Crippen molar-refractivity contribution in [3.05, 3.63) is 89.2 Å². The van der Waals surface area contributed by atoms with Crippen LogP contribution in [0.4, 0.5) is 14.9 Å². The zero-order valence-corrected chi connectivity index (χ0v) is 18.0. The van der Waals surface area contributed by atoms with E-state index in [1.54, 1.807) is 12.1 Å². The molecule has 1 atom stereocenters. The molecule has 6 nitrogen and oxygen atoms in total. The highest BCUT2D eigenvalue weighted by Crippen LogP contribution is 2.34. The van der Waals surface area contributed by atoms with Crippen LogP contribution in [0.15, 0.2) is 66.7 Å². The van der Waals surface area contributed by atoms with E-state index in [1.807, 2.05) is 30.3 Å². The van der Waals surface area contributed by atoms with Crippen LogP contribution in [-0.4, -0.2) is 29.4 Å². The number of phenolic OH excluding ortho intramolecular Hbond substituents is 2. The summed E-state index contributed by atoms with van der Waals surface area (Å²) < 4.78 is 19.4. The van der Waals surface area contributed by atoms with E-state index >= 15 is 0 Å². The SMILES string of the molecule is Cl.O=C(OCc1ccccc1)N(CC1NCCc2cc(O)c(O)cc21)c1cccc(F)c1. The summed E-state index contributed by atoms with van der Waals surface area (Å²) in [5.74, 6) is -0.863. The average Bonchev–Trinajstić information content (AvgIpc) is 2.77. The number of nitrogens with one attached hydrogen (secondary N) is 1. The largest absolute Gasteiger partial charge is 0.504 e. The van der Waals surface area contributed by atoms with Crippen molar-refractivity contribution in [2.75, 3.05) is 18.0 Å². The maximum Gasteiger partial charge on any atom is 0.414 e. The summed E-state index contributed by atoms with van der Waals surface area (Å²) in [7, 11) is 0. The normalized spacial score (nSPS) is 14.7. The molecule has 1 aliphatic heterocycles. The number of carbonyl (C=O) groups excluding carboxylic acids is 1. The number of hydrogen-bond donors (Lipinski definition) is 3. The van der Waals surface area contributed by atoms with Gasteiger partial charge in [0.2, 0.25) is 0 Å². The molecular weight excluding hydrogens is 435 g/mol. The first-order chi connectivity index (χ1) is 15.0. The van der Waals surface area contributed by atoms with Gasteiger partial charge in [0.15, 0.2) is 11.5 Å². The molecule has 0 aliphatic carbocycles. The monoisotopic (exact) mass is 458 g/mol. The quantitative estimate of drug-likeness (QED) is 0.483. The zero-order valence-electron chi connectivity index (χ0n) is 17.2. The molecule has 0 aromatic heterocycles. The fourth-order valence-electron chi connectivity index (χ4n) is 3.74. The van der Waals surface area contributed by atoms with E-state index in [1.165, 1.54) is 29.2 Å². The van der Waals surface area contributed by atoms with E-state index in [9.17, 15) is 19.4 Å². The maximum atomic E-state index is 13.9. The molecule has 1 heterocycles. The van der Waals surface area contributed by atoms with E-state index in [0.29, 0.717) is 18.7 Å². The third-order valence-electron chi connectivity index (χ3n) is 5.31. The molecule has 32 heavy (non-hydrogen) atoms. The Morgan fingerprint density at radius 2 is 1.81 bits per heavy atom. The number of halogens is 2. The van der Waals surface area contributed by atoms with Gasteiger partial charge in [0, 0.05) is 6.54 Å². The number of rotatable bonds is 5. The standard InChI is InChI=1S/C24H23FN2O4.ClH/c25-18-7-4-8-19(12-18)27(24(30)31-15-16-5-2-1-3-6-16)14-21-20-13-23(29)22(28)11-17(20)9-10-26-21;/h1-8,11-13,21,26,28-29H,9-10,14-15H2;1H. The number of aromatic hydroxyl groups is 2. The molecule has 0 spiro atoms. The predicted octanol–water partition coefficient (Wildman–Crippen LogP) is 4.69. The van der Waals surface area contributed by atoms with E-state index < -0.39 is 11.9 Å². The van der Waals surface area contributed by atoms with Crippen molar-refractivity contribution < 1.29 is 24.1 Å². The highest BCUT2D eigenvalue weighted by molar-refractivity contribution is 5.87. The van der Waals surface area contributed by atoms with Gasteiger partial charge >= 0.3 is 6.09 Å². The molecule has 3 N–H and O–H groups in total. The van der Waals surface area contributed by atoms with Crippen LogP contribution in [0.2, 0.25) is 0 Å². The Morgan fingerprint density at radius 1 is 1.06 bits per heavy atom. The molecule has 0 saturated heterocycles. The van der Waals surface area contributed by atoms with E-state index in [-0.39, 0.29) is 43.1 Å². The fourth-order valence-corrected chi connectivity index (χ4v) is 3.74. The van der Waals surface area contributed by atoms with Gasteiger partial charge in [-0.15, -0.1) is 12.4 Å². The number of nitrogens with zero attached hydrogens (tertiary/aromatic N) is 1. The molecule has 1 aliphatic rings. The van der Waals surface area contributed by atoms with Gasteiger partial charge in [-0.3, -0.25) is 4.90 Å². The summed E-state index contributed by atoms with van der Waals surface area (Å²) in [5, 5.41) is 23.1. The Hall–Kier alpha value is -3.29.